The fourth-order valence-corrected chi connectivity index (χ4v) is 1.84. The van der Waals surface area contributed by atoms with Crippen molar-refractivity contribution in [2.45, 2.75) is 19.6 Å². The van der Waals surface area contributed by atoms with Gasteiger partial charge in [-0.25, -0.2) is 4.18 Å². The van der Waals surface area contributed by atoms with E-state index in [9.17, 15) is 4.21 Å². The first kappa shape index (κ1) is 12.2. The van der Waals surface area contributed by atoms with Gasteiger partial charge in [-0.2, -0.15) is 4.21 Å². The molecule has 1 heterocycles. The maximum Gasteiger partial charge on any atom is 0.303 e. The molecule has 1 N–H and O–H groups in total. The van der Waals surface area contributed by atoms with Crippen molar-refractivity contribution in [2.75, 3.05) is 13.2 Å². The fraction of sp³-hybridized carbons (Fsp3) is 0.556. The highest BCUT2D eigenvalue weighted by atomic mass is 32.2. The second kappa shape index (κ2) is 5.89. The van der Waals surface area contributed by atoms with Crippen LogP contribution >= 0.6 is 0 Å². The average Bonchev–Trinajstić information content (AvgIpc) is 2.63. The highest BCUT2D eigenvalue weighted by Gasteiger charge is 2.21. The first-order valence-electron chi connectivity index (χ1n) is 4.74. The third-order valence-corrected chi connectivity index (χ3v) is 2.48. The summed E-state index contributed by atoms with van der Waals surface area (Å²) in [7, 11) is 0. The van der Waals surface area contributed by atoms with E-state index in [2.05, 4.69) is 6.58 Å². The fourth-order valence-electron chi connectivity index (χ4n) is 1.41. The molecule has 0 saturated heterocycles. The molecule has 0 fully saturated rings. The van der Waals surface area contributed by atoms with Gasteiger partial charge in [-0.3, -0.25) is 4.55 Å². The summed E-state index contributed by atoms with van der Waals surface area (Å²) in [5, 5.41) is 0. The van der Waals surface area contributed by atoms with Gasteiger partial charge in [0, 0.05) is 18.9 Å². The second-order valence-corrected chi connectivity index (χ2v) is 3.82. The molecule has 0 radical (unpaired) electrons. The largest absolute Gasteiger partial charge is 0.355 e. The predicted molar refractivity (Wildman–Crippen MR) is 58.7 cm³/mol. The Balaban J connectivity index is 2.47. The topological polar surface area (TPSA) is 53.0 Å². The molecule has 5 nitrogen and oxygen atoms in total. The van der Waals surface area contributed by atoms with E-state index in [0.717, 1.165) is 6.54 Å². The summed E-state index contributed by atoms with van der Waals surface area (Å²) in [6, 6.07) is 0. The van der Waals surface area contributed by atoms with Crippen LogP contribution in [0.3, 0.4) is 0 Å². The van der Waals surface area contributed by atoms with Crippen LogP contribution in [0.25, 0.3) is 0 Å². The molecule has 2 atom stereocenters. The van der Waals surface area contributed by atoms with E-state index >= 15 is 0 Å². The lowest BCUT2D eigenvalue weighted by Gasteiger charge is -2.26. The molecule has 6 heteroatoms. The van der Waals surface area contributed by atoms with E-state index in [1.54, 1.807) is 6.08 Å². The minimum Gasteiger partial charge on any atom is -0.355 e. The first-order chi connectivity index (χ1) is 7.17. The lowest BCUT2D eigenvalue weighted by Crippen LogP contribution is -2.35. The summed E-state index contributed by atoms with van der Waals surface area (Å²) >= 11 is -2.22. The normalized spacial score (nSPS) is 19.3. The van der Waals surface area contributed by atoms with Gasteiger partial charge in [0.25, 0.3) is 0 Å². The summed E-state index contributed by atoms with van der Waals surface area (Å²) in [6.45, 7) is 6.96. The average molecular weight is 232 g/mol. The van der Waals surface area contributed by atoms with Crippen LogP contribution in [-0.2, 0) is 15.5 Å². The summed E-state index contributed by atoms with van der Waals surface area (Å²) in [6.07, 6.45) is 5.86. The molecule has 2 unspecified atom stereocenters. The van der Waals surface area contributed by atoms with Crippen LogP contribution in [0.4, 0.5) is 0 Å². The Bertz CT molecular complexity index is 270. The van der Waals surface area contributed by atoms with Gasteiger partial charge in [-0.1, -0.05) is 13.0 Å². The Morgan fingerprint density at radius 3 is 3.00 bits per heavy atom. The van der Waals surface area contributed by atoms with Crippen molar-refractivity contribution >= 4 is 11.4 Å². The van der Waals surface area contributed by atoms with Gasteiger partial charge < -0.3 is 9.80 Å². The quantitative estimate of drug-likeness (QED) is 0.549. The van der Waals surface area contributed by atoms with E-state index < -0.39 is 11.4 Å². The number of hydrogen-bond donors (Lipinski definition) is 1. The van der Waals surface area contributed by atoms with Crippen molar-refractivity contribution in [3.05, 3.63) is 25.1 Å². The van der Waals surface area contributed by atoms with Gasteiger partial charge in [0.1, 0.15) is 6.23 Å². The molecule has 86 valence electrons. The summed E-state index contributed by atoms with van der Waals surface area (Å²) < 4.78 is 24.1. The van der Waals surface area contributed by atoms with Gasteiger partial charge >= 0.3 is 11.4 Å². The molecule has 15 heavy (non-hydrogen) atoms. The minimum atomic E-state index is -2.22. The molecule has 1 aliphatic rings. The molecular weight excluding hydrogens is 216 g/mol. The summed E-state index contributed by atoms with van der Waals surface area (Å²) in [4.78, 5) is 3.90. The maximum absolute atomic E-state index is 10.5. The second-order valence-electron chi connectivity index (χ2n) is 3.19. The monoisotopic (exact) mass is 232 g/mol. The van der Waals surface area contributed by atoms with Gasteiger partial charge in [0.2, 0.25) is 0 Å². The van der Waals surface area contributed by atoms with Gasteiger partial charge in [-0.05, 0) is 6.42 Å². The maximum atomic E-state index is 10.5. The smallest absolute Gasteiger partial charge is 0.303 e. The Labute approximate surface area is 92.5 Å². The molecule has 0 amide bonds. The Kier molecular flexibility index (Phi) is 4.80. The zero-order chi connectivity index (χ0) is 11.3. The molecule has 0 bridgehead atoms. The molecule has 0 aromatic heterocycles. The van der Waals surface area contributed by atoms with Crippen LogP contribution in [-0.4, -0.2) is 38.0 Å². The van der Waals surface area contributed by atoms with Gasteiger partial charge in [0.15, 0.2) is 0 Å². The standard InChI is InChI=1S/C9H16N2O3S/c1-3-5-10-6-7-11(8-10)9(4-2)14-15(12)13/h3,6-7,9H,1,4-5,8H2,2H3,(H,12,13). The van der Waals surface area contributed by atoms with E-state index in [-0.39, 0.29) is 6.23 Å². The van der Waals surface area contributed by atoms with Crippen molar-refractivity contribution in [1.29, 1.82) is 0 Å². The Morgan fingerprint density at radius 1 is 1.73 bits per heavy atom. The third kappa shape index (κ3) is 3.65. The van der Waals surface area contributed by atoms with Crippen LogP contribution in [0.15, 0.2) is 25.1 Å². The Hall–Kier alpha value is -0.850. The molecule has 0 aromatic rings. The molecule has 0 spiro atoms. The zero-order valence-electron chi connectivity index (χ0n) is 8.70. The molecule has 0 aliphatic carbocycles. The minimum absolute atomic E-state index is 0.359. The lowest BCUT2D eigenvalue weighted by molar-refractivity contribution is 0.0499. The van der Waals surface area contributed by atoms with Gasteiger partial charge in [0.05, 0.1) is 6.67 Å². The van der Waals surface area contributed by atoms with Crippen molar-refractivity contribution in [1.82, 2.24) is 9.80 Å². The molecule has 0 saturated carbocycles. The number of hydrogen-bond acceptors (Lipinski definition) is 4. The summed E-state index contributed by atoms with van der Waals surface area (Å²) in [5.41, 5.74) is 0. The Morgan fingerprint density at radius 2 is 2.47 bits per heavy atom. The highest BCUT2D eigenvalue weighted by molar-refractivity contribution is 7.74. The van der Waals surface area contributed by atoms with E-state index in [1.807, 2.05) is 29.1 Å². The lowest BCUT2D eigenvalue weighted by atomic mass is 10.4. The van der Waals surface area contributed by atoms with Gasteiger partial charge in [-0.15, -0.1) is 6.58 Å². The van der Waals surface area contributed by atoms with Crippen molar-refractivity contribution in [3.8, 4) is 0 Å². The molecule has 1 rings (SSSR count). The van der Waals surface area contributed by atoms with Crippen LogP contribution < -0.4 is 0 Å². The molecule has 0 aromatic carbocycles. The number of rotatable bonds is 6. The summed E-state index contributed by atoms with van der Waals surface area (Å²) in [5.74, 6) is 0. The van der Waals surface area contributed by atoms with E-state index in [4.69, 9.17) is 8.74 Å². The van der Waals surface area contributed by atoms with Crippen molar-refractivity contribution < 1.29 is 12.9 Å². The first-order valence-corrected chi connectivity index (χ1v) is 5.77. The van der Waals surface area contributed by atoms with Crippen molar-refractivity contribution in [3.63, 3.8) is 0 Å². The van der Waals surface area contributed by atoms with Crippen LogP contribution in [0.1, 0.15) is 13.3 Å². The molecular formula is C9H16N2O3S. The highest BCUT2D eigenvalue weighted by Crippen LogP contribution is 2.14. The number of nitrogens with zero attached hydrogens (tertiary/aromatic N) is 2. The zero-order valence-corrected chi connectivity index (χ0v) is 9.52. The van der Waals surface area contributed by atoms with Crippen LogP contribution in [0.2, 0.25) is 0 Å². The van der Waals surface area contributed by atoms with E-state index in [0.29, 0.717) is 13.1 Å². The third-order valence-electron chi connectivity index (χ3n) is 2.09. The van der Waals surface area contributed by atoms with Crippen LogP contribution in [0.5, 0.6) is 0 Å². The van der Waals surface area contributed by atoms with E-state index in [1.165, 1.54) is 0 Å². The SMILES string of the molecule is C=CCN1C=CN(C(CC)OS(=O)O)C1. The molecule has 1 aliphatic heterocycles. The van der Waals surface area contributed by atoms with Crippen molar-refractivity contribution in [2.24, 2.45) is 0 Å². The van der Waals surface area contributed by atoms with Crippen LogP contribution in [0, 0.1) is 0 Å². The predicted octanol–water partition coefficient (Wildman–Crippen LogP) is 1.11.